The summed E-state index contributed by atoms with van der Waals surface area (Å²) < 4.78 is 38.2. The van der Waals surface area contributed by atoms with Gasteiger partial charge >= 0.3 is 6.18 Å². The maximum Gasteiger partial charge on any atom is 0.411 e. The molecule has 7 heteroatoms. The predicted octanol–water partition coefficient (Wildman–Crippen LogP) is 2.05. The highest BCUT2D eigenvalue weighted by atomic mass is 19.4. The number of carbonyl (C=O) groups is 1. The van der Waals surface area contributed by atoms with Crippen molar-refractivity contribution in [2.24, 2.45) is 0 Å². The number of amides is 1. The molecule has 0 aromatic carbocycles. The number of hydrogen-bond acceptors (Lipinski definition) is 3. The molecule has 0 radical (unpaired) electrons. The van der Waals surface area contributed by atoms with E-state index in [0.29, 0.717) is 12.1 Å². The van der Waals surface area contributed by atoms with Crippen LogP contribution in [0.1, 0.15) is 35.8 Å². The SMILES string of the molecule is CCc1cc(C(=O)NC2(C(F)(F)F)CC2)cc(N)n1. The van der Waals surface area contributed by atoms with Gasteiger partial charge in [-0.05, 0) is 31.4 Å². The summed E-state index contributed by atoms with van der Waals surface area (Å²) in [6.07, 6.45) is -4.03. The summed E-state index contributed by atoms with van der Waals surface area (Å²) >= 11 is 0. The topological polar surface area (TPSA) is 68.0 Å². The van der Waals surface area contributed by atoms with E-state index >= 15 is 0 Å². The lowest BCUT2D eigenvalue weighted by Gasteiger charge is -2.20. The van der Waals surface area contributed by atoms with Gasteiger partial charge in [0.1, 0.15) is 11.4 Å². The van der Waals surface area contributed by atoms with Crippen LogP contribution in [-0.4, -0.2) is 22.6 Å². The summed E-state index contributed by atoms with van der Waals surface area (Å²) in [6, 6.07) is 2.74. The van der Waals surface area contributed by atoms with E-state index < -0.39 is 17.6 Å². The Bertz CT molecular complexity index is 509. The van der Waals surface area contributed by atoms with Crippen LogP contribution in [0.3, 0.4) is 0 Å². The fourth-order valence-corrected chi connectivity index (χ4v) is 1.82. The highest BCUT2D eigenvalue weighted by molar-refractivity contribution is 5.95. The average Bonchev–Trinajstić information content (AvgIpc) is 3.08. The minimum atomic E-state index is -4.42. The number of pyridine rings is 1. The van der Waals surface area contributed by atoms with Crippen molar-refractivity contribution >= 4 is 11.7 Å². The number of carbonyl (C=O) groups excluding carboxylic acids is 1. The van der Waals surface area contributed by atoms with Crippen molar-refractivity contribution in [3.05, 3.63) is 23.4 Å². The Labute approximate surface area is 108 Å². The van der Waals surface area contributed by atoms with Crippen LogP contribution in [0, 0.1) is 0 Å². The van der Waals surface area contributed by atoms with Gasteiger partial charge in [-0.2, -0.15) is 13.2 Å². The zero-order valence-corrected chi connectivity index (χ0v) is 10.3. The number of nitrogens with zero attached hydrogens (tertiary/aromatic N) is 1. The van der Waals surface area contributed by atoms with Gasteiger partial charge in [-0.3, -0.25) is 4.79 Å². The molecular weight excluding hydrogens is 259 g/mol. The van der Waals surface area contributed by atoms with Crippen molar-refractivity contribution in [1.29, 1.82) is 0 Å². The molecule has 1 aliphatic carbocycles. The van der Waals surface area contributed by atoms with Crippen LogP contribution in [0.5, 0.6) is 0 Å². The Balaban J connectivity index is 2.19. The molecule has 1 aliphatic rings. The fourth-order valence-electron chi connectivity index (χ4n) is 1.82. The number of hydrogen-bond donors (Lipinski definition) is 2. The summed E-state index contributed by atoms with van der Waals surface area (Å²) in [7, 11) is 0. The first-order chi connectivity index (χ1) is 8.77. The molecule has 0 unspecified atom stereocenters. The van der Waals surface area contributed by atoms with E-state index in [2.05, 4.69) is 10.3 Å². The normalized spacial score (nSPS) is 17.1. The van der Waals surface area contributed by atoms with Gasteiger partial charge in [-0.1, -0.05) is 6.92 Å². The lowest BCUT2D eigenvalue weighted by Crippen LogP contribution is -2.47. The second-order valence-electron chi connectivity index (χ2n) is 4.66. The van der Waals surface area contributed by atoms with E-state index in [0.717, 1.165) is 0 Å². The minimum Gasteiger partial charge on any atom is -0.384 e. The number of aryl methyl sites for hydroxylation is 1. The third kappa shape index (κ3) is 2.64. The third-order valence-corrected chi connectivity index (χ3v) is 3.17. The van der Waals surface area contributed by atoms with Crippen LogP contribution < -0.4 is 11.1 Å². The highest BCUT2D eigenvalue weighted by Gasteiger charge is 2.64. The van der Waals surface area contributed by atoms with E-state index in [4.69, 9.17) is 5.73 Å². The van der Waals surface area contributed by atoms with Crippen molar-refractivity contribution in [2.45, 2.75) is 37.9 Å². The van der Waals surface area contributed by atoms with E-state index in [1.165, 1.54) is 12.1 Å². The number of nitrogens with two attached hydrogens (primary N) is 1. The van der Waals surface area contributed by atoms with Crippen LogP contribution >= 0.6 is 0 Å². The van der Waals surface area contributed by atoms with Crippen LogP contribution in [0.4, 0.5) is 19.0 Å². The maximum atomic E-state index is 12.7. The van der Waals surface area contributed by atoms with Crippen LogP contribution in [0.15, 0.2) is 12.1 Å². The Morgan fingerprint density at radius 1 is 1.47 bits per heavy atom. The van der Waals surface area contributed by atoms with Crippen molar-refractivity contribution in [2.75, 3.05) is 5.73 Å². The largest absolute Gasteiger partial charge is 0.411 e. The van der Waals surface area contributed by atoms with Crippen LogP contribution in [0.2, 0.25) is 0 Å². The molecule has 0 bridgehead atoms. The van der Waals surface area contributed by atoms with Crippen molar-refractivity contribution < 1.29 is 18.0 Å². The minimum absolute atomic E-state index is 0.0799. The number of aromatic nitrogens is 1. The lowest BCUT2D eigenvalue weighted by molar-refractivity contribution is -0.163. The lowest BCUT2D eigenvalue weighted by atomic mass is 10.1. The zero-order chi connectivity index (χ0) is 14.3. The number of halogens is 3. The molecule has 1 aromatic heterocycles. The summed E-state index contributed by atoms with van der Waals surface area (Å²) in [5, 5.41) is 2.05. The van der Waals surface area contributed by atoms with E-state index in [-0.39, 0.29) is 24.2 Å². The van der Waals surface area contributed by atoms with E-state index in [9.17, 15) is 18.0 Å². The third-order valence-electron chi connectivity index (χ3n) is 3.17. The molecule has 4 nitrogen and oxygen atoms in total. The molecule has 0 atom stereocenters. The summed E-state index contributed by atoms with van der Waals surface area (Å²) in [6.45, 7) is 1.82. The zero-order valence-electron chi connectivity index (χ0n) is 10.3. The molecule has 2 rings (SSSR count). The van der Waals surface area contributed by atoms with E-state index in [1.54, 1.807) is 0 Å². The first kappa shape index (κ1) is 13.6. The second-order valence-corrected chi connectivity index (χ2v) is 4.66. The smallest absolute Gasteiger partial charge is 0.384 e. The number of alkyl halides is 3. The quantitative estimate of drug-likeness (QED) is 0.885. The van der Waals surface area contributed by atoms with Gasteiger partial charge in [-0.25, -0.2) is 4.98 Å². The number of nitrogens with one attached hydrogen (secondary N) is 1. The Hall–Kier alpha value is -1.79. The van der Waals surface area contributed by atoms with Gasteiger partial charge in [0.15, 0.2) is 0 Å². The molecule has 3 N–H and O–H groups in total. The molecule has 0 saturated heterocycles. The summed E-state index contributed by atoms with van der Waals surface area (Å²) in [5.74, 6) is -0.639. The Kier molecular flexibility index (Phi) is 3.15. The number of rotatable bonds is 3. The average molecular weight is 273 g/mol. The molecule has 1 fully saturated rings. The van der Waals surface area contributed by atoms with Gasteiger partial charge in [0, 0.05) is 11.3 Å². The molecule has 1 aromatic rings. The van der Waals surface area contributed by atoms with Crippen LogP contribution in [0.25, 0.3) is 0 Å². The van der Waals surface area contributed by atoms with Crippen LogP contribution in [-0.2, 0) is 6.42 Å². The number of anilines is 1. The van der Waals surface area contributed by atoms with Crippen molar-refractivity contribution in [3.8, 4) is 0 Å². The molecule has 104 valence electrons. The first-order valence-corrected chi connectivity index (χ1v) is 5.93. The fraction of sp³-hybridized carbons (Fsp3) is 0.500. The van der Waals surface area contributed by atoms with Crippen molar-refractivity contribution in [3.63, 3.8) is 0 Å². The molecule has 0 spiro atoms. The van der Waals surface area contributed by atoms with Gasteiger partial charge in [-0.15, -0.1) is 0 Å². The molecule has 1 saturated carbocycles. The Morgan fingerprint density at radius 3 is 2.58 bits per heavy atom. The molecular formula is C12H14F3N3O. The Morgan fingerprint density at radius 2 is 2.11 bits per heavy atom. The monoisotopic (exact) mass is 273 g/mol. The molecule has 1 heterocycles. The van der Waals surface area contributed by atoms with Gasteiger partial charge in [0.2, 0.25) is 0 Å². The number of nitrogen functional groups attached to an aromatic ring is 1. The second kappa shape index (κ2) is 4.40. The standard InChI is InChI=1S/C12H14F3N3O/c1-2-8-5-7(6-9(16)17-8)10(19)18-11(3-4-11)12(13,14)15/h5-6H,2-4H2,1H3,(H2,16,17)(H,18,19). The van der Waals surface area contributed by atoms with Gasteiger partial charge in [0.25, 0.3) is 5.91 Å². The van der Waals surface area contributed by atoms with Gasteiger partial charge < -0.3 is 11.1 Å². The van der Waals surface area contributed by atoms with Gasteiger partial charge in [0.05, 0.1) is 0 Å². The van der Waals surface area contributed by atoms with E-state index in [1.807, 2.05) is 6.92 Å². The predicted molar refractivity (Wildman–Crippen MR) is 63.5 cm³/mol. The highest BCUT2D eigenvalue weighted by Crippen LogP contribution is 2.49. The summed E-state index contributed by atoms with van der Waals surface area (Å²) in [5.41, 5.74) is 4.15. The maximum absolute atomic E-state index is 12.7. The van der Waals surface area contributed by atoms with Crippen molar-refractivity contribution in [1.82, 2.24) is 10.3 Å². The summed E-state index contributed by atoms with van der Waals surface area (Å²) in [4.78, 5) is 15.8. The molecule has 0 aliphatic heterocycles. The molecule has 19 heavy (non-hydrogen) atoms. The first-order valence-electron chi connectivity index (χ1n) is 5.93. The molecule has 1 amide bonds.